The van der Waals surface area contributed by atoms with Gasteiger partial charge in [0.05, 0.1) is 0 Å². The Morgan fingerprint density at radius 1 is 0.667 bits per heavy atom. The summed E-state index contributed by atoms with van der Waals surface area (Å²) >= 11 is 2.40. The fourth-order valence-corrected chi connectivity index (χ4v) is 3.77. The van der Waals surface area contributed by atoms with Gasteiger partial charge in [0.25, 0.3) is 0 Å². The zero-order chi connectivity index (χ0) is 13.7. The molecule has 1 aromatic rings. The molecule has 0 atom stereocenters. The van der Waals surface area contributed by atoms with Crippen molar-refractivity contribution < 1.29 is 0 Å². The molecule has 0 aromatic heterocycles. The molecule has 0 fully saturated rings. The Morgan fingerprint density at radius 3 is 1.22 bits per heavy atom. The third-order valence-electron chi connectivity index (χ3n) is 3.64. The average molecular weight is 361 g/mol. The fraction of sp³-hybridized carbons (Fsp3) is 0.571. The molecule has 1 aromatic carbocycles. The molecule has 0 radical (unpaired) electrons. The number of hydrogen-bond donors (Lipinski definition) is 3. The molecule has 0 aliphatic rings. The van der Waals surface area contributed by atoms with Gasteiger partial charge in [-0.3, -0.25) is 0 Å². The standard InChI is InChI=1S/C14H24IN3/c1-3-9-12(6-16)10(4-2)14(8-18)11(5-15)13(9)7-17/h3-8,16-18H2,1-2H3. The van der Waals surface area contributed by atoms with Crippen molar-refractivity contribution in [3.8, 4) is 0 Å². The van der Waals surface area contributed by atoms with Crippen molar-refractivity contribution in [2.45, 2.75) is 50.8 Å². The lowest BCUT2D eigenvalue weighted by Crippen LogP contribution is -2.18. The summed E-state index contributed by atoms with van der Waals surface area (Å²) < 4.78 is 0.960. The summed E-state index contributed by atoms with van der Waals surface area (Å²) in [4.78, 5) is 0. The third kappa shape index (κ3) is 2.71. The van der Waals surface area contributed by atoms with Gasteiger partial charge in [-0.2, -0.15) is 0 Å². The van der Waals surface area contributed by atoms with Crippen LogP contribution in [0.4, 0.5) is 0 Å². The maximum atomic E-state index is 5.96. The van der Waals surface area contributed by atoms with Crippen LogP contribution >= 0.6 is 22.6 Å². The fourth-order valence-electron chi connectivity index (χ4n) is 2.85. The van der Waals surface area contributed by atoms with Crippen molar-refractivity contribution in [2.75, 3.05) is 0 Å². The second-order valence-corrected chi connectivity index (χ2v) is 5.09. The summed E-state index contributed by atoms with van der Waals surface area (Å²) in [6.45, 7) is 6.07. The van der Waals surface area contributed by atoms with Crippen LogP contribution in [0.3, 0.4) is 0 Å². The molecule has 1 rings (SSSR count). The molecule has 0 saturated carbocycles. The highest BCUT2D eigenvalue weighted by Crippen LogP contribution is 2.30. The molecule has 0 heterocycles. The maximum Gasteiger partial charge on any atom is 0.0253 e. The monoisotopic (exact) mass is 361 g/mol. The molecule has 6 N–H and O–H groups in total. The minimum atomic E-state index is 0.575. The minimum absolute atomic E-state index is 0.575. The SMILES string of the molecule is CCc1c(CN)c(CC)c(CN)c(CI)c1CN. The molecular weight excluding hydrogens is 337 g/mol. The molecule has 102 valence electrons. The number of nitrogens with two attached hydrogens (primary N) is 3. The first-order valence-electron chi connectivity index (χ1n) is 6.53. The smallest absolute Gasteiger partial charge is 0.0253 e. The summed E-state index contributed by atoms with van der Waals surface area (Å²) in [7, 11) is 0. The van der Waals surface area contributed by atoms with Gasteiger partial charge in [0.1, 0.15) is 0 Å². The van der Waals surface area contributed by atoms with Gasteiger partial charge >= 0.3 is 0 Å². The van der Waals surface area contributed by atoms with E-state index in [1.807, 2.05) is 0 Å². The van der Waals surface area contributed by atoms with E-state index in [1.54, 1.807) is 0 Å². The van der Waals surface area contributed by atoms with Crippen LogP contribution in [0.5, 0.6) is 0 Å². The lowest BCUT2D eigenvalue weighted by atomic mass is 9.85. The number of rotatable bonds is 6. The van der Waals surface area contributed by atoms with E-state index in [4.69, 9.17) is 17.2 Å². The van der Waals surface area contributed by atoms with E-state index in [-0.39, 0.29) is 0 Å². The van der Waals surface area contributed by atoms with E-state index in [2.05, 4.69) is 36.4 Å². The van der Waals surface area contributed by atoms with E-state index in [0.717, 1.165) is 17.3 Å². The average Bonchev–Trinajstić information content (AvgIpc) is 2.43. The Hall–Kier alpha value is -0.170. The van der Waals surface area contributed by atoms with Crippen LogP contribution in [0.25, 0.3) is 0 Å². The number of benzene rings is 1. The topological polar surface area (TPSA) is 78.1 Å². The molecule has 18 heavy (non-hydrogen) atoms. The molecule has 0 amide bonds. The van der Waals surface area contributed by atoms with Crippen molar-refractivity contribution >= 4 is 22.6 Å². The normalized spacial score (nSPS) is 11.0. The van der Waals surface area contributed by atoms with Crippen LogP contribution in [-0.4, -0.2) is 0 Å². The summed E-state index contributed by atoms with van der Waals surface area (Å²) in [6, 6.07) is 0. The first-order valence-corrected chi connectivity index (χ1v) is 8.05. The zero-order valence-corrected chi connectivity index (χ0v) is 13.5. The van der Waals surface area contributed by atoms with Gasteiger partial charge in [-0.15, -0.1) is 0 Å². The molecule has 0 saturated heterocycles. The lowest BCUT2D eigenvalue weighted by molar-refractivity contribution is 0.870. The van der Waals surface area contributed by atoms with E-state index in [1.165, 1.54) is 33.4 Å². The summed E-state index contributed by atoms with van der Waals surface area (Å²) in [5.41, 5.74) is 25.7. The number of hydrogen-bond acceptors (Lipinski definition) is 3. The summed E-state index contributed by atoms with van der Waals surface area (Å²) in [6.07, 6.45) is 1.97. The van der Waals surface area contributed by atoms with Gasteiger partial charge in [0, 0.05) is 24.1 Å². The third-order valence-corrected chi connectivity index (χ3v) is 4.40. The van der Waals surface area contributed by atoms with E-state index < -0.39 is 0 Å². The van der Waals surface area contributed by atoms with Crippen LogP contribution in [0, 0.1) is 0 Å². The zero-order valence-electron chi connectivity index (χ0n) is 11.4. The van der Waals surface area contributed by atoms with Crippen LogP contribution in [0.2, 0.25) is 0 Å². The second-order valence-electron chi connectivity index (χ2n) is 4.32. The predicted octanol–water partition coefficient (Wildman–Crippen LogP) is 2.12. The second kappa shape index (κ2) is 7.43. The molecule has 0 aliphatic carbocycles. The van der Waals surface area contributed by atoms with Crippen molar-refractivity contribution in [3.63, 3.8) is 0 Å². The molecule has 3 nitrogen and oxygen atoms in total. The molecular formula is C14H24IN3. The Balaban J connectivity index is 3.71. The first kappa shape index (κ1) is 15.9. The van der Waals surface area contributed by atoms with Crippen molar-refractivity contribution in [1.29, 1.82) is 0 Å². The van der Waals surface area contributed by atoms with Gasteiger partial charge in [-0.05, 0) is 46.2 Å². The summed E-state index contributed by atoms with van der Waals surface area (Å²) in [5.74, 6) is 0. The van der Waals surface area contributed by atoms with E-state index >= 15 is 0 Å². The van der Waals surface area contributed by atoms with Crippen LogP contribution < -0.4 is 17.2 Å². The predicted molar refractivity (Wildman–Crippen MR) is 86.6 cm³/mol. The quantitative estimate of drug-likeness (QED) is 0.537. The van der Waals surface area contributed by atoms with Crippen LogP contribution in [-0.2, 0) is 36.9 Å². The van der Waals surface area contributed by atoms with E-state index in [0.29, 0.717) is 19.6 Å². The molecule has 0 spiro atoms. The van der Waals surface area contributed by atoms with Crippen molar-refractivity contribution in [3.05, 3.63) is 33.4 Å². The Bertz CT molecular complexity index is 295. The minimum Gasteiger partial charge on any atom is -0.326 e. The lowest BCUT2D eigenvalue weighted by Gasteiger charge is -2.24. The molecule has 0 bridgehead atoms. The highest BCUT2D eigenvalue weighted by atomic mass is 127. The Morgan fingerprint density at radius 2 is 1.00 bits per heavy atom. The first-order chi connectivity index (χ1) is 8.69. The van der Waals surface area contributed by atoms with Gasteiger partial charge in [-0.25, -0.2) is 0 Å². The molecule has 0 unspecified atom stereocenters. The highest BCUT2D eigenvalue weighted by Gasteiger charge is 2.18. The number of halogens is 1. The number of alkyl halides is 1. The Labute approximate surface area is 124 Å². The van der Waals surface area contributed by atoms with E-state index in [9.17, 15) is 0 Å². The molecule has 4 heteroatoms. The van der Waals surface area contributed by atoms with Crippen LogP contribution in [0.15, 0.2) is 0 Å². The van der Waals surface area contributed by atoms with Gasteiger partial charge < -0.3 is 17.2 Å². The van der Waals surface area contributed by atoms with Crippen molar-refractivity contribution in [2.24, 2.45) is 17.2 Å². The van der Waals surface area contributed by atoms with Gasteiger partial charge in [0.15, 0.2) is 0 Å². The Kier molecular flexibility index (Phi) is 6.55. The molecule has 0 aliphatic heterocycles. The maximum absolute atomic E-state index is 5.96. The van der Waals surface area contributed by atoms with Gasteiger partial charge in [0.2, 0.25) is 0 Å². The highest BCUT2D eigenvalue weighted by molar-refractivity contribution is 14.1. The van der Waals surface area contributed by atoms with Crippen LogP contribution in [0.1, 0.15) is 47.2 Å². The summed E-state index contributed by atoms with van der Waals surface area (Å²) in [5, 5.41) is 0. The van der Waals surface area contributed by atoms with Gasteiger partial charge in [-0.1, -0.05) is 36.4 Å². The largest absolute Gasteiger partial charge is 0.326 e. The van der Waals surface area contributed by atoms with Crippen molar-refractivity contribution in [1.82, 2.24) is 0 Å².